The molecule has 10 N–H and O–H groups in total. The minimum absolute atomic E-state index is 0.0687. The maximum absolute atomic E-state index is 13.6. The largest absolute Gasteiger partial charge is 0.480 e. The number of primary amides is 2. The molecule has 1 unspecified atom stereocenters. The average Bonchev–Trinajstić information content (AvgIpc) is 4.11. The van der Waals surface area contributed by atoms with Gasteiger partial charge in [-0.2, -0.15) is 0 Å². The standard InChI is InChI=1S/C50H75N7O9/c1-3-34(2)45(49(64)56-38(46(51)61)30-35-22-16-14-17-23-35)57-48(63)40(31-37-28-29-37)54-43(59)27-21-13-11-9-7-5-4-6-8-10-12-20-26-42(58)53-39(47(52)62)33-44(60)55-41(50(65)66)32-36-24-18-15-19-25-36/h14-19,22-25,34,37-41,45H,3-13,20-21,26-33H2,1-2H3,(H2,51,61)(H2,52,62)(H,53,58)(H,54,59)(H,55,60)(H,56,64)(H,57,63)(H,65,66)/t34-,38-,39+,40?,41-,45+/m0/s1. The van der Waals surface area contributed by atoms with Gasteiger partial charge in [0.05, 0.1) is 6.42 Å². The first-order valence-electron chi connectivity index (χ1n) is 24.0. The van der Waals surface area contributed by atoms with E-state index in [9.17, 15) is 43.5 Å². The summed E-state index contributed by atoms with van der Waals surface area (Å²) >= 11 is 0. The summed E-state index contributed by atoms with van der Waals surface area (Å²) in [6.07, 6.45) is 15.1. The van der Waals surface area contributed by atoms with Crippen LogP contribution >= 0.6 is 0 Å². The molecule has 0 saturated heterocycles. The number of aliphatic carboxylic acids is 1. The molecule has 3 rings (SSSR count). The highest BCUT2D eigenvalue weighted by Crippen LogP contribution is 2.33. The van der Waals surface area contributed by atoms with Crippen molar-refractivity contribution in [3.63, 3.8) is 0 Å². The van der Waals surface area contributed by atoms with Crippen LogP contribution in [0.5, 0.6) is 0 Å². The highest BCUT2D eigenvalue weighted by Gasteiger charge is 2.35. The maximum Gasteiger partial charge on any atom is 0.326 e. The van der Waals surface area contributed by atoms with E-state index in [0.29, 0.717) is 31.6 Å². The summed E-state index contributed by atoms with van der Waals surface area (Å²) in [5, 5.41) is 23.1. The second-order valence-electron chi connectivity index (χ2n) is 17.9. The van der Waals surface area contributed by atoms with Crippen molar-refractivity contribution >= 4 is 47.3 Å². The second kappa shape index (κ2) is 30.4. The van der Waals surface area contributed by atoms with Gasteiger partial charge >= 0.3 is 5.97 Å². The third-order valence-corrected chi connectivity index (χ3v) is 12.2. The van der Waals surface area contributed by atoms with E-state index < -0.39 is 78.0 Å². The Morgan fingerprint density at radius 1 is 0.545 bits per heavy atom. The van der Waals surface area contributed by atoms with Gasteiger partial charge in [0.2, 0.25) is 41.4 Å². The summed E-state index contributed by atoms with van der Waals surface area (Å²) < 4.78 is 0. The predicted octanol–water partition coefficient (Wildman–Crippen LogP) is 4.65. The highest BCUT2D eigenvalue weighted by atomic mass is 16.4. The normalized spacial score (nSPS) is 14.9. The fraction of sp³-hybridized carbons (Fsp3) is 0.600. The first-order valence-corrected chi connectivity index (χ1v) is 24.0. The molecule has 0 aliphatic heterocycles. The molecule has 0 aromatic heterocycles. The SMILES string of the molecule is CC[C@H](C)[C@@H](NC(=O)C(CC1CC1)NC(=O)CCCCCCCCCCCCCCC(=O)N[C@H](CC(=O)N[C@@H](Cc1ccccc1)C(=O)O)C(N)=O)C(=O)N[C@@H](Cc1ccccc1)C(N)=O. The summed E-state index contributed by atoms with van der Waals surface area (Å²) in [5.41, 5.74) is 12.6. The van der Waals surface area contributed by atoms with Gasteiger partial charge in [-0.3, -0.25) is 33.6 Å². The molecule has 364 valence electrons. The molecule has 6 atom stereocenters. The van der Waals surface area contributed by atoms with Gasteiger partial charge in [0, 0.05) is 25.7 Å². The van der Waals surface area contributed by atoms with Crippen molar-refractivity contribution in [2.45, 2.75) is 179 Å². The van der Waals surface area contributed by atoms with E-state index in [-0.39, 0.29) is 31.1 Å². The summed E-state index contributed by atoms with van der Waals surface area (Å²) in [5.74, 6) is -4.78. The summed E-state index contributed by atoms with van der Waals surface area (Å²) in [4.78, 5) is 101. The molecular weight excluding hydrogens is 843 g/mol. The zero-order chi connectivity index (χ0) is 48.3. The van der Waals surface area contributed by atoms with Crippen LogP contribution < -0.4 is 38.1 Å². The van der Waals surface area contributed by atoms with Crippen LogP contribution in [0.4, 0.5) is 0 Å². The molecule has 2 aromatic rings. The summed E-state index contributed by atoms with van der Waals surface area (Å²) in [6, 6.07) is 13.1. The van der Waals surface area contributed by atoms with Gasteiger partial charge in [-0.25, -0.2) is 4.79 Å². The Hall–Kier alpha value is -5.80. The Bertz CT molecular complexity index is 1840. The van der Waals surface area contributed by atoms with Gasteiger partial charge < -0.3 is 43.2 Å². The van der Waals surface area contributed by atoms with E-state index in [1.807, 2.05) is 44.2 Å². The number of rotatable bonds is 35. The smallest absolute Gasteiger partial charge is 0.326 e. The van der Waals surface area contributed by atoms with Crippen molar-refractivity contribution in [2.24, 2.45) is 23.3 Å². The zero-order valence-corrected chi connectivity index (χ0v) is 39.0. The number of carboxylic acids is 1. The first kappa shape index (κ1) is 54.5. The summed E-state index contributed by atoms with van der Waals surface area (Å²) in [7, 11) is 0. The van der Waals surface area contributed by atoms with Crippen molar-refractivity contribution in [3.8, 4) is 0 Å². The number of amides is 7. The van der Waals surface area contributed by atoms with E-state index in [4.69, 9.17) is 11.5 Å². The monoisotopic (exact) mass is 918 g/mol. The fourth-order valence-electron chi connectivity index (χ4n) is 7.79. The number of benzene rings is 2. The minimum atomic E-state index is -1.24. The molecule has 1 fully saturated rings. The van der Waals surface area contributed by atoms with E-state index in [1.54, 1.807) is 30.3 Å². The summed E-state index contributed by atoms with van der Waals surface area (Å²) in [6.45, 7) is 3.79. The average molecular weight is 918 g/mol. The van der Waals surface area contributed by atoms with Crippen molar-refractivity contribution in [2.75, 3.05) is 0 Å². The van der Waals surface area contributed by atoms with Crippen LogP contribution in [0.25, 0.3) is 0 Å². The molecule has 7 amide bonds. The van der Waals surface area contributed by atoms with Gasteiger partial charge in [-0.15, -0.1) is 0 Å². The van der Waals surface area contributed by atoms with E-state index in [2.05, 4.69) is 26.6 Å². The molecule has 16 heteroatoms. The number of hydrogen-bond acceptors (Lipinski definition) is 8. The van der Waals surface area contributed by atoms with Crippen LogP contribution in [0.1, 0.15) is 147 Å². The molecule has 1 aliphatic carbocycles. The van der Waals surface area contributed by atoms with Crippen LogP contribution in [0.2, 0.25) is 0 Å². The molecule has 1 aliphatic rings. The Morgan fingerprint density at radius 3 is 1.39 bits per heavy atom. The van der Waals surface area contributed by atoms with Crippen LogP contribution in [0, 0.1) is 11.8 Å². The van der Waals surface area contributed by atoms with Crippen molar-refractivity contribution < 1.29 is 43.5 Å². The van der Waals surface area contributed by atoms with E-state index in [1.165, 1.54) is 0 Å². The van der Waals surface area contributed by atoms with Crippen LogP contribution in [0.3, 0.4) is 0 Å². The maximum atomic E-state index is 13.6. The van der Waals surface area contributed by atoms with Gasteiger partial charge in [-0.1, -0.05) is 158 Å². The van der Waals surface area contributed by atoms with E-state index in [0.717, 1.165) is 94.6 Å². The molecule has 0 spiro atoms. The third-order valence-electron chi connectivity index (χ3n) is 12.2. The van der Waals surface area contributed by atoms with Crippen LogP contribution in [0.15, 0.2) is 60.7 Å². The lowest BCUT2D eigenvalue weighted by Gasteiger charge is -2.28. The Balaban J connectivity index is 1.25. The number of nitrogens with one attached hydrogen (secondary N) is 5. The molecular formula is C50H75N7O9. The Kier molecular flexibility index (Phi) is 25.1. The third kappa shape index (κ3) is 22.4. The van der Waals surface area contributed by atoms with Crippen molar-refractivity contribution in [1.29, 1.82) is 0 Å². The molecule has 0 bridgehead atoms. The number of hydrogen-bond donors (Lipinski definition) is 8. The number of carboxylic acid groups (broad SMARTS) is 1. The molecule has 1 saturated carbocycles. The number of carbonyl (C=O) groups is 8. The molecule has 66 heavy (non-hydrogen) atoms. The number of carbonyl (C=O) groups excluding carboxylic acids is 7. The Labute approximate surface area is 390 Å². The molecule has 16 nitrogen and oxygen atoms in total. The lowest BCUT2D eigenvalue weighted by atomic mass is 9.96. The van der Waals surface area contributed by atoms with Gasteiger partial charge in [-0.05, 0) is 42.2 Å². The molecule has 0 radical (unpaired) electrons. The number of unbranched alkanes of at least 4 members (excludes halogenated alkanes) is 11. The first-order chi connectivity index (χ1) is 31.7. The van der Waals surface area contributed by atoms with Crippen molar-refractivity contribution in [1.82, 2.24) is 26.6 Å². The van der Waals surface area contributed by atoms with Crippen LogP contribution in [-0.2, 0) is 51.2 Å². The Morgan fingerprint density at radius 2 is 0.970 bits per heavy atom. The molecule has 0 heterocycles. The zero-order valence-electron chi connectivity index (χ0n) is 39.0. The van der Waals surface area contributed by atoms with Gasteiger partial charge in [0.1, 0.15) is 30.2 Å². The topological polar surface area (TPSA) is 269 Å². The lowest BCUT2D eigenvalue weighted by molar-refractivity contribution is -0.142. The quantitative estimate of drug-likeness (QED) is 0.0447. The molecule has 2 aromatic carbocycles. The fourth-order valence-corrected chi connectivity index (χ4v) is 7.79. The lowest BCUT2D eigenvalue weighted by Crippen LogP contribution is -2.58. The van der Waals surface area contributed by atoms with E-state index >= 15 is 0 Å². The van der Waals surface area contributed by atoms with Crippen LogP contribution in [-0.4, -0.2) is 82.6 Å². The minimum Gasteiger partial charge on any atom is -0.480 e. The van der Waals surface area contributed by atoms with Gasteiger partial charge in [0.15, 0.2) is 0 Å². The second-order valence-corrected chi connectivity index (χ2v) is 17.9. The van der Waals surface area contributed by atoms with Gasteiger partial charge in [0.25, 0.3) is 0 Å². The highest BCUT2D eigenvalue weighted by molar-refractivity contribution is 5.94. The predicted molar refractivity (Wildman–Crippen MR) is 252 cm³/mol. The number of nitrogens with two attached hydrogens (primary N) is 2. The van der Waals surface area contributed by atoms with Crippen molar-refractivity contribution in [3.05, 3.63) is 71.8 Å².